The Kier molecular flexibility index (Phi) is 3.43. The average molecular weight is 340 g/mol. The van der Waals surface area contributed by atoms with E-state index in [0.717, 1.165) is 11.3 Å². The quantitative estimate of drug-likeness (QED) is 0.823. The summed E-state index contributed by atoms with van der Waals surface area (Å²) in [6.45, 7) is 0. The van der Waals surface area contributed by atoms with Crippen LogP contribution in [0.5, 0.6) is 0 Å². The zero-order chi connectivity index (χ0) is 10.2. The number of hydrogen-bond acceptors (Lipinski definition) is 2. The van der Waals surface area contributed by atoms with Crippen molar-refractivity contribution in [2.75, 3.05) is 0 Å². The summed E-state index contributed by atoms with van der Waals surface area (Å²) in [6.07, 6.45) is -7.05. The van der Waals surface area contributed by atoms with Crippen LogP contribution in [0.15, 0.2) is 13.6 Å². The lowest BCUT2D eigenvalue weighted by Crippen LogP contribution is -2.19. The largest absolute Gasteiger partial charge is 0.418 e. The standard InChI is InChI=1S/C6H3Br2F3OS/c7-3-1-2(5(8)13-3)4(12)6(9,10)11/h1,4,12H. The van der Waals surface area contributed by atoms with Crippen LogP contribution < -0.4 is 0 Å². The van der Waals surface area contributed by atoms with Gasteiger partial charge in [-0.3, -0.25) is 0 Å². The molecule has 1 aromatic heterocycles. The molecule has 1 atom stereocenters. The maximum Gasteiger partial charge on any atom is 0.418 e. The molecule has 0 aromatic carbocycles. The monoisotopic (exact) mass is 338 g/mol. The first-order valence-electron chi connectivity index (χ1n) is 3.02. The number of aliphatic hydroxyl groups excluding tert-OH is 1. The van der Waals surface area contributed by atoms with E-state index in [1.54, 1.807) is 0 Å². The minimum atomic E-state index is -4.62. The minimum absolute atomic E-state index is 0.163. The summed E-state index contributed by atoms with van der Waals surface area (Å²) in [6, 6.07) is 1.24. The molecule has 1 N–H and O–H groups in total. The van der Waals surface area contributed by atoms with Crippen LogP contribution in [-0.4, -0.2) is 11.3 Å². The van der Waals surface area contributed by atoms with Gasteiger partial charge in [0, 0.05) is 5.56 Å². The molecule has 0 fully saturated rings. The first-order chi connectivity index (χ1) is 5.82. The molecule has 13 heavy (non-hydrogen) atoms. The number of rotatable bonds is 1. The highest BCUT2D eigenvalue weighted by atomic mass is 79.9. The molecule has 0 aliphatic carbocycles. The van der Waals surface area contributed by atoms with Gasteiger partial charge < -0.3 is 5.11 Å². The van der Waals surface area contributed by atoms with Gasteiger partial charge in [-0.05, 0) is 37.9 Å². The molecule has 1 unspecified atom stereocenters. The molecule has 1 nitrogen and oxygen atoms in total. The van der Waals surface area contributed by atoms with Gasteiger partial charge in [0.25, 0.3) is 0 Å². The lowest BCUT2D eigenvalue weighted by atomic mass is 10.2. The van der Waals surface area contributed by atoms with E-state index in [9.17, 15) is 13.2 Å². The molecule has 0 amide bonds. The van der Waals surface area contributed by atoms with Crippen molar-refractivity contribution < 1.29 is 18.3 Å². The van der Waals surface area contributed by atoms with E-state index in [4.69, 9.17) is 5.11 Å². The van der Waals surface area contributed by atoms with Crippen molar-refractivity contribution in [1.82, 2.24) is 0 Å². The van der Waals surface area contributed by atoms with E-state index in [-0.39, 0.29) is 9.35 Å². The van der Waals surface area contributed by atoms with Crippen LogP contribution >= 0.6 is 43.2 Å². The Morgan fingerprint density at radius 1 is 1.38 bits per heavy atom. The first kappa shape index (κ1) is 11.5. The second kappa shape index (κ2) is 3.88. The maximum absolute atomic E-state index is 12.0. The van der Waals surface area contributed by atoms with Crippen molar-refractivity contribution >= 4 is 43.2 Å². The third-order valence-corrected chi connectivity index (χ3v) is 3.67. The molecule has 0 radical (unpaired) electrons. The van der Waals surface area contributed by atoms with Crippen LogP contribution in [-0.2, 0) is 0 Å². The first-order valence-corrected chi connectivity index (χ1v) is 5.42. The summed E-state index contributed by atoms with van der Waals surface area (Å²) >= 11 is 7.05. The lowest BCUT2D eigenvalue weighted by Gasteiger charge is -2.13. The second-order valence-corrected chi connectivity index (χ2v) is 5.97. The fourth-order valence-electron chi connectivity index (χ4n) is 0.716. The van der Waals surface area contributed by atoms with Gasteiger partial charge in [-0.1, -0.05) is 0 Å². The van der Waals surface area contributed by atoms with Crippen LogP contribution in [0.25, 0.3) is 0 Å². The fourth-order valence-corrected chi connectivity index (χ4v) is 3.60. The molecule has 1 aromatic rings. The molecule has 0 aliphatic heterocycles. The van der Waals surface area contributed by atoms with Crippen molar-refractivity contribution in [1.29, 1.82) is 0 Å². The highest BCUT2D eigenvalue weighted by molar-refractivity contribution is 9.12. The fraction of sp³-hybridized carbons (Fsp3) is 0.333. The van der Waals surface area contributed by atoms with Crippen molar-refractivity contribution in [3.05, 3.63) is 19.2 Å². The third kappa shape index (κ3) is 2.68. The number of alkyl halides is 3. The zero-order valence-electron chi connectivity index (χ0n) is 5.90. The van der Waals surface area contributed by atoms with Crippen LogP contribution in [0, 0.1) is 0 Å². The highest BCUT2D eigenvalue weighted by Gasteiger charge is 2.40. The van der Waals surface area contributed by atoms with Crippen LogP contribution in [0.3, 0.4) is 0 Å². The van der Waals surface area contributed by atoms with Gasteiger partial charge in [-0.2, -0.15) is 13.2 Å². The Labute approximate surface area is 92.8 Å². The van der Waals surface area contributed by atoms with Crippen molar-refractivity contribution in [3.63, 3.8) is 0 Å². The lowest BCUT2D eigenvalue weighted by molar-refractivity contribution is -0.206. The molecule has 0 bridgehead atoms. The van der Waals surface area contributed by atoms with Crippen molar-refractivity contribution in [2.45, 2.75) is 12.3 Å². The molecule has 0 saturated carbocycles. The minimum Gasteiger partial charge on any atom is -0.379 e. The number of hydrogen-bond donors (Lipinski definition) is 1. The zero-order valence-corrected chi connectivity index (χ0v) is 9.89. The Balaban J connectivity index is 3.01. The van der Waals surface area contributed by atoms with Crippen LogP contribution in [0.1, 0.15) is 11.7 Å². The summed E-state index contributed by atoms with van der Waals surface area (Å²) in [5.41, 5.74) is -0.163. The molecular formula is C6H3Br2F3OS. The summed E-state index contributed by atoms with van der Waals surface area (Å²) in [5, 5.41) is 8.88. The number of halogens is 5. The summed E-state index contributed by atoms with van der Waals surface area (Å²) in [7, 11) is 0. The smallest absolute Gasteiger partial charge is 0.379 e. The van der Waals surface area contributed by atoms with E-state index >= 15 is 0 Å². The van der Waals surface area contributed by atoms with Crippen molar-refractivity contribution in [3.8, 4) is 0 Å². The molecule has 0 saturated heterocycles. The van der Waals surface area contributed by atoms with E-state index in [2.05, 4.69) is 31.9 Å². The maximum atomic E-state index is 12.0. The summed E-state index contributed by atoms with van der Waals surface area (Å²) in [5.74, 6) is 0. The van der Waals surface area contributed by atoms with E-state index in [1.165, 1.54) is 6.07 Å². The summed E-state index contributed by atoms with van der Waals surface area (Å²) in [4.78, 5) is 0. The Hall–Kier alpha value is 0.410. The summed E-state index contributed by atoms with van der Waals surface area (Å²) < 4.78 is 36.9. The molecule has 1 rings (SSSR count). The Morgan fingerprint density at radius 2 is 1.92 bits per heavy atom. The normalized spacial score (nSPS) is 14.6. The van der Waals surface area contributed by atoms with Gasteiger partial charge in [-0.15, -0.1) is 11.3 Å². The number of aliphatic hydroxyl groups is 1. The molecule has 7 heteroatoms. The van der Waals surface area contributed by atoms with Gasteiger partial charge >= 0.3 is 6.18 Å². The van der Waals surface area contributed by atoms with E-state index in [0.29, 0.717) is 3.79 Å². The SMILES string of the molecule is OC(c1cc(Br)sc1Br)C(F)(F)F. The number of thiophene rings is 1. The Bertz CT molecular complexity index is 309. The molecule has 1 heterocycles. The van der Waals surface area contributed by atoms with Gasteiger partial charge in [0.05, 0.1) is 7.57 Å². The van der Waals surface area contributed by atoms with Gasteiger partial charge in [0.1, 0.15) is 0 Å². The predicted molar refractivity (Wildman–Crippen MR) is 50.7 cm³/mol. The Morgan fingerprint density at radius 3 is 2.23 bits per heavy atom. The topological polar surface area (TPSA) is 20.2 Å². The van der Waals surface area contributed by atoms with Gasteiger partial charge in [-0.25, -0.2) is 0 Å². The molecule has 0 aliphatic rings. The highest BCUT2D eigenvalue weighted by Crippen LogP contribution is 2.41. The van der Waals surface area contributed by atoms with Gasteiger partial charge in [0.2, 0.25) is 0 Å². The van der Waals surface area contributed by atoms with Crippen LogP contribution in [0.2, 0.25) is 0 Å². The van der Waals surface area contributed by atoms with Crippen molar-refractivity contribution in [2.24, 2.45) is 0 Å². The second-order valence-electron chi connectivity index (χ2n) is 2.22. The average Bonchev–Trinajstić information content (AvgIpc) is 2.26. The van der Waals surface area contributed by atoms with Crippen LogP contribution in [0.4, 0.5) is 13.2 Å². The van der Waals surface area contributed by atoms with E-state index < -0.39 is 12.3 Å². The molecule has 74 valence electrons. The van der Waals surface area contributed by atoms with E-state index in [1.807, 2.05) is 0 Å². The van der Waals surface area contributed by atoms with Gasteiger partial charge in [0.15, 0.2) is 6.10 Å². The molecular weight excluding hydrogens is 337 g/mol. The molecule has 0 spiro atoms. The predicted octanol–water partition coefficient (Wildman–Crippen LogP) is 3.87. The third-order valence-electron chi connectivity index (χ3n) is 1.29.